The fraction of sp³-hybridized carbons (Fsp3) is 0.650. The standard InChI is InChI=1S/C20H30BNO5/c1-12-13(2)17(23)15(18(24)22-11-14-8-7-9-25-14)10-16(12)21-26-19(3,4)20(5,6)27-21/h10,14,23H,7-9,11H2,1-6H3,(H,22,24). The zero-order chi connectivity index (χ0) is 20.0. The van der Waals surface area contributed by atoms with E-state index in [0.29, 0.717) is 12.1 Å². The van der Waals surface area contributed by atoms with Crippen LogP contribution in [0.3, 0.4) is 0 Å². The number of benzene rings is 1. The number of ether oxygens (including phenoxy) is 1. The highest BCUT2D eigenvalue weighted by molar-refractivity contribution is 6.62. The van der Waals surface area contributed by atoms with Crippen molar-refractivity contribution in [3.05, 3.63) is 22.8 Å². The molecule has 0 saturated carbocycles. The van der Waals surface area contributed by atoms with Gasteiger partial charge in [0.25, 0.3) is 5.91 Å². The third kappa shape index (κ3) is 3.73. The number of phenols is 1. The summed E-state index contributed by atoms with van der Waals surface area (Å²) in [6.45, 7) is 12.9. The number of aromatic hydroxyl groups is 1. The molecule has 2 N–H and O–H groups in total. The average Bonchev–Trinajstić information content (AvgIpc) is 3.17. The van der Waals surface area contributed by atoms with Gasteiger partial charge in [-0.25, -0.2) is 0 Å². The molecule has 6 nitrogen and oxygen atoms in total. The summed E-state index contributed by atoms with van der Waals surface area (Å²) in [4.78, 5) is 12.7. The Morgan fingerprint density at radius 2 is 1.85 bits per heavy atom. The lowest BCUT2D eigenvalue weighted by Crippen LogP contribution is -2.41. The molecule has 148 valence electrons. The quantitative estimate of drug-likeness (QED) is 0.790. The van der Waals surface area contributed by atoms with E-state index in [0.717, 1.165) is 30.5 Å². The van der Waals surface area contributed by atoms with Crippen molar-refractivity contribution in [1.29, 1.82) is 0 Å². The van der Waals surface area contributed by atoms with Crippen molar-refractivity contribution < 1.29 is 23.9 Å². The molecular weight excluding hydrogens is 345 g/mol. The zero-order valence-electron chi connectivity index (χ0n) is 17.1. The van der Waals surface area contributed by atoms with Gasteiger partial charge < -0.3 is 24.5 Å². The van der Waals surface area contributed by atoms with Crippen molar-refractivity contribution in [2.24, 2.45) is 0 Å². The molecule has 0 radical (unpaired) electrons. The van der Waals surface area contributed by atoms with Crippen LogP contribution in [0.4, 0.5) is 0 Å². The van der Waals surface area contributed by atoms with E-state index in [1.807, 2.05) is 34.6 Å². The Labute approximate surface area is 161 Å². The lowest BCUT2D eigenvalue weighted by Gasteiger charge is -2.32. The SMILES string of the molecule is Cc1c(B2OC(C)(C)C(C)(C)O2)cc(C(=O)NCC2CCCO2)c(O)c1C. The van der Waals surface area contributed by atoms with Crippen molar-refractivity contribution in [3.63, 3.8) is 0 Å². The second-order valence-electron chi connectivity index (χ2n) is 8.55. The molecule has 2 fully saturated rings. The van der Waals surface area contributed by atoms with Crippen LogP contribution < -0.4 is 10.8 Å². The average molecular weight is 375 g/mol. The van der Waals surface area contributed by atoms with Crippen LogP contribution in [0.1, 0.15) is 62.0 Å². The number of hydrogen-bond acceptors (Lipinski definition) is 5. The lowest BCUT2D eigenvalue weighted by molar-refractivity contribution is 0.00578. The van der Waals surface area contributed by atoms with E-state index in [1.54, 1.807) is 13.0 Å². The summed E-state index contributed by atoms with van der Waals surface area (Å²) < 4.78 is 17.8. The number of carbonyl (C=O) groups is 1. The molecule has 27 heavy (non-hydrogen) atoms. The van der Waals surface area contributed by atoms with Crippen molar-refractivity contribution >= 4 is 18.5 Å². The highest BCUT2D eigenvalue weighted by atomic mass is 16.7. The first kappa shape index (κ1) is 20.2. The molecule has 1 aromatic rings. The van der Waals surface area contributed by atoms with Gasteiger partial charge in [-0.2, -0.15) is 0 Å². The van der Waals surface area contributed by atoms with E-state index >= 15 is 0 Å². The number of amides is 1. The van der Waals surface area contributed by atoms with Gasteiger partial charge in [0.2, 0.25) is 0 Å². The van der Waals surface area contributed by atoms with Crippen LogP contribution in [0.5, 0.6) is 5.75 Å². The number of nitrogens with one attached hydrogen (secondary N) is 1. The summed E-state index contributed by atoms with van der Waals surface area (Å²) in [5, 5.41) is 13.4. The molecule has 1 atom stereocenters. The lowest BCUT2D eigenvalue weighted by atomic mass is 9.74. The van der Waals surface area contributed by atoms with E-state index in [4.69, 9.17) is 14.0 Å². The Kier molecular flexibility index (Phi) is 5.32. The van der Waals surface area contributed by atoms with Crippen molar-refractivity contribution in [2.75, 3.05) is 13.2 Å². The van der Waals surface area contributed by atoms with E-state index in [1.165, 1.54) is 0 Å². The Morgan fingerprint density at radius 1 is 1.22 bits per heavy atom. The predicted molar refractivity (Wildman–Crippen MR) is 105 cm³/mol. The largest absolute Gasteiger partial charge is 0.507 e. The summed E-state index contributed by atoms with van der Waals surface area (Å²) in [6, 6.07) is 1.69. The Hall–Kier alpha value is -1.57. The summed E-state index contributed by atoms with van der Waals surface area (Å²) >= 11 is 0. The van der Waals surface area contributed by atoms with Crippen LogP contribution in [-0.4, -0.2) is 48.6 Å². The van der Waals surface area contributed by atoms with Crippen LogP contribution in [0, 0.1) is 13.8 Å². The van der Waals surface area contributed by atoms with E-state index in [-0.39, 0.29) is 23.3 Å². The maximum Gasteiger partial charge on any atom is 0.495 e. The normalized spacial score (nSPS) is 23.6. The third-order valence-corrected chi connectivity index (χ3v) is 6.17. The second-order valence-corrected chi connectivity index (χ2v) is 8.55. The minimum Gasteiger partial charge on any atom is -0.507 e. The number of phenolic OH excluding ortho intramolecular Hbond substituents is 1. The summed E-state index contributed by atoms with van der Waals surface area (Å²) in [7, 11) is -0.584. The molecule has 0 spiro atoms. The first-order chi connectivity index (χ1) is 12.5. The first-order valence-electron chi connectivity index (χ1n) is 9.62. The third-order valence-electron chi connectivity index (χ3n) is 6.17. The molecule has 0 bridgehead atoms. The summed E-state index contributed by atoms with van der Waals surface area (Å²) in [5.74, 6) is -0.318. The smallest absolute Gasteiger partial charge is 0.495 e. The topological polar surface area (TPSA) is 77.0 Å². The molecule has 7 heteroatoms. The van der Waals surface area contributed by atoms with Gasteiger partial charge >= 0.3 is 7.12 Å². The molecule has 1 aromatic carbocycles. The van der Waals surface area contributed by atoms with Crippen LogP contribution >= 0.6 is 0 Å². The van der Waals surface area contributed by atoms with Gasteiger partial charge in [-0.3, -0.25) is 4.79 Å². The van der Waals surface area contributed by atoms with Crippen molar-refractivity contribution in [2.45, 2.75) is 71.7 Å². The van der Waals surface area contributed by atoms with Crippen molar-refractivity contribution in [3.8, 4) is 5.75 Å². The molecule has 0 aromatic heterocycles. The van der Waals surface area contributed by atoms with Gasteiger partial charge in [0, 0.05) is 13.2 Å². The maximum atomic E-state index is 12.7. The fourth-order valence-electron chi connectivity index (χ4n) is 3.42. The maximum absolute atomic E-state index is 12.7. The molecule has 0 aliphatic carbocycles. The number of rotatable bonds is 4. The van der Waals surface area contributed by atoms with Crippen LogP contribution in [-0.2, 0) is 14.0 Å². The summed E-state index contributed by atoms with van der Waals surface area (Å²) in [6.07, 6.45) is 2.00. The van der Waals surface area contributed by atoms with Gasteiger partial charge in [0.15, 0.2) is 0 Å². The Morgan fingerprint density at radius 3 is 2.41 bits per heavy atom. The highest BCUT2D eigenvalue weighted by Gasteiger charge is 2.52. The molecule has 2 saturated heterocycles. The molecular formula is C20H30BNO5. The Bertz CT molecular complexity index is 724. The van der Waals surface area contributed by atoms with E-state index in [9.17, 15) is 9.90 Å². The molecule has 1 amide bonds. The Balaban J connectivity index is 1.87. The molecule has 2 aliphatic rings. The minimum atomic E-state index is -0.584. The number of carbonyl (C=O) groups excluding carboxylic acids is 1. The highest BCUT2D eigenvalue weighted by Crippen LogP contribution is 2.37. The van der Waals surface area contributed by atoms with Gasteiger partial charge in [0.1, 0.15) is 5.75 Å². The van der Waals surface area contributed by atoms with Crippen LogP contribution in [0.25, 0.3) is 0 Å². The van der Waals surface area contributed by atoms with Crippen LogP contribution in [0.2, 0.25) is 0 Å². The van der Waals surface area contributed by atoms with Gasteiger partial charge in [-0.1, -0.05) is 0 Å². The number of hydrogen-bond donors (Lipinski definition) is 2. The summed E-state index contributed by atoms with van der Waals surface area (Å²) in [5.41, 5.74) is 1.58. The monoisotopic (exact) mass is 375 g/mol. The van der Waals surface area contributed by atoms with Gasteiger partial charge in [0.05, 0.1) is 22.9 Å². The second kappa shape index (κ2) is 7.11. The van der Waals surface area contributed by atoms with Crippen LogP contribution in [0.15, 0.2) is 6.07 Å². The molecule has 3 rings (SSSR count). The van der Waals surface area contributed by atoms with E-state index in [2.05, 4.69) is 5.32 Å². The molecule has 2 aliphatic heterocycles. The molecule has 1 unspecified atom stereocenters. The van der Waals surface area contributed by atoms with Gasteiger partial charge in [-0.05, 0) is 77.0 Å². The predicted octanol–water partition coefficient (Wildman–Crippen LogP) is 2.22. The van der Waals surface area contributed by atoms with Crippen molar-refractivity contribution in [1.82, 2.24) is 5.32 Å². The fourth-order valence-corrected chi connectivity index (χ4v) is 3.42. The molecule has 2 heterocycles. The first-order valence-corrected chi connectivity index (χ1v) is 9.62. The zero-order valence-corrected chi connectivity index (χ0v) is 17.1. The van der Waals surface area contributed by atoms with E-state index < -0.39 is 18.3 Å². The van der Waals surface area contributed by atoms with Gasteiger partial charge in [-0.15, -0.1) is 0 Å². The minimum absolute atomic E-state index is 0.00222.